The van der Waals surface area contributed by atoms with Crippen molar-refractivity contribution >= 4 is 11.7 Å². The average molecular weight is 291 g/mol. The molecule has 0 aliphatic carbocycles. The van der Waals surface area contributed by atoms with Crippen molar-refractivity contribution in [2.24, 2.45) is 7.05 Å². The minimum absolute atomic E-state index is 0.00680. The van der Waals surface area contributed by atoms with E-state index in [-0.39, 0.29) is 11.4 Å². The molecule has 0 saturated heterocycles. The molecular formula is C14H18FN5O. The largest absolute Gasteiger partial charge is 0.368 e. The summed E-state index contributed by atoms with van der Waals surface area (Å²) < 4.78 is 15.9. The zero-order valence-electron chi connectivity index (χ0n) is 12.3. The van der Waals surface area contributed by atoms with Crippen molar-refractivity contribution in [2.75, 3.05) is 18.9 Å². The van der Waals surface area contributed by atoms with E-state index < -0.39 is 11.7 Å². The van der Waals surface area contributed by atoms with Crippen LogP contribution in [0.4, 0.5) is 10.2 Å². The Bertz CT molecular complexity index is 640. The molecule has 2 heterocycles. The number of halogens is 1. The fourth-order valence-corrected chi connectivity index (χ4v) is 2.00. The summed E-state index contributed by atoms with van der Waals surface area (Å²) in [6.45, 7) is 2.74. The van der Waals surface area contributed by atoms with E-state index in [0.29, 0.717) is 13.1 Å². The van der Waals surface area contributed by atoms with Gasteiger partial charge in [-0.05, 0) is 13.0 Å². The SMILES string of the molecule is CCNc1nccc(C(=O)N(C)Cc2cnn(C)c2)c1F. The zero-order valence-corrected chi connectivity index (χ0v) is 12.3. The molecular weight excluding hydrogens is 273 g/mol. The van der Waals surface area contributed by atoms with Crippen LogP contribution in [0.2, 0.25) is 0 Å². The third-order valence-electron chi connectivity index (χ3n) is 2.99. The molecule has 0 spiro atoms. The van der Waals surface area contributed by atoms with Crippen LogP contribution in [-0.4, -0.2) is 39.2 Å². The van der Waals surface area contributed by atoms with E-state index in [1.54, 1.807) is 25.0 Å². The van der Waals surface area contributed by atoms with Gasteiger partial charge in [-0.3, -0.25) is 9.48 Å². The Morgan fingerprint density at radius 1 is 1.52 bits per heavy atom. The van der Waals surface area contributed by atoms with Gasteiger partial charge in [-0.15, -0.1) is 0 Å². The number of pyridine rings is 1. The van der Waals surface area contributed by atoms with Gasteiger partial charge in [-0.25, -0.2) is 9.37 Å². The molecule has 1 amide bonds. The number of carbonyl (C=O) groups excluding carboxylic acids is 1. The van der Waals surface area contributed by atoms with Gasteiger partial charge in [0.2, 0.25) is 0 Å². The summed E-state index contributed by atoms with van der Waals surface area (Å²) in [7, 11) is 3.43. The fourth-order valence-electron chi connectivity index (χ4n) is 2.00. The lowest BCUT2D eigenvalue weighted by atomic mass is 10.2. The normalized spacial score (nSPS) is 10.5. The number of hydrogen-bond acceptors (Lipinski definition) is 4. The van der Waals surface area contributed by atoms with Gasteiger partial charge < -0.3 is 10.2 Å². The Morgan fingerprint density at radius 2 is 2.29 bits per heavy atom. The number of aryl methyl sites for hydroxylation is 1. The Hall–Kier alpha value is -2.44. The zero-order chi connectivity index (χ0) is 15.4. The van der Waals surface area contributed by atoms with Crippen molar-refractivity contribution in [2.45, 2.75) is 13.5 Å². The second-order valence-electron chi connectivity index (χ2n) is 4.73. The van der Waals surface area contributed by atoms with E-state index in [1.165, 1.54) is 17.2 Å². The van der Waals surface area contributed by atoms with E-state index in [1.807, 2.05) is 13.1 Å². The molecule has 112 valence electrons. The van der Waals surface area contributed by atoms with Gasteiger partial charge in [0.25, 0.3) is 5.91 Å². The van der Waals surface area contributed by atoms with Gasteiger partial charge in [0.15, 0.2) is 11.6 Å². The van der Waals surface area contributed by atoms with Crippen molar-refractivity contribution in [1.29, 1.82) is 0 Å². The highest BCUT2D eigenvalue weighted by Crippen LogP contribution is 2.17. The number of amides is 1. The molecule has 0 radical (unpaired) electrons. The number of rotatable bonds is 5. The van der Waals surface area contributed by atoms with Crippen LogP contribution in [-0.2, 0) is 13.6 Å². The minimum atomic E-state index is -0.623. The van der Waals surface area contributed by atoms with Crippen LogP contribution < -0.4 is 5.32 Å². The molecule has 6 nitrogen and oxygen atoms in total. The van der Waals surface area contributed by atoms with Crippen LogP contribution in [0, 0.1) is 5.82 Å². The molecule has 0 aliphatic rings. The lowest BCUT2D eigenvalue weighted by Crippen LogP contribution is -2.27. The van der Waals surface area contributed by atoms with E-state index in [0.717, 1.165) is 5.56 Å². The molecule has 2 rings (SSSR count). The standard InChI is InChI=1S/C14H18FN5O/c1-4-16-13-12(15)11(5-6-17-13)14(21)19(2)8-10-7-18-20(3)9-10/h5-7,9H,4,8H2,1-3H3,(H,16,17). The molecule has 21 heavy (non-hydrogen) atoms. The first kappa shape index (κ1) is 15.0. The van der Waals surface area contributed by atoms with Gasteiger partial charge in [0.05, 0.1) is 11.8 Å². The monoisotopic (exact) mass is 291 g/mol. The average Bonchev–Trinajstić information content (AvgIpc) is 2.86. The van der Waals surface area contributed by atoms with Gasteiger partial charge in [0, 0.05) is 45.1 Å². The van der Waals surface area contributed by atoms with Crippen LogP contribution in [0.5, 0.6) is 0 Å². The summed E-state index contributed by atoms with van der Waals surface area (Å²) in [6.07, 6.45) is 4.92. The molecule has 2 aromatic heterocycles. The summed E-state index contributed by atoms with van der Waals surface area (Å²) >= 11 is 0. The van der Waals surface area contributed by atoms with E-state index in [4.69, 9.17) is 0 Å². The quantitative estimate of drug-likeness (QED) is 0.910. The molecule has 0 bridgehead atoms. The number of hydrogen-bond donors (Lipinski definition) is 1. The molecule has 0 unspecified atom stereocenters. The van der Waals surface area contributed by atoms with Crippen LogP contribution in [0.3, 0.4) is 0 Å². The van der Waals surface area contributed by atoms with E-state index in [2.05, 4.69) is 15.4 Å². The van der Waals surface area contributed by atoms with Gasteiger partial charge in [-0.1, -0.05) is 0 Å². The second-order valence-corrected chi connectivity index (χ2v) is 4.73. The first-order valence-corrected chi connectivity index (χ1v) is 6.64. The maximum Gasteiger partial charge on any atom is 0.257 e. The topological polar surface area (TPSA) is 63.1 Å². The first-order chi connectivity index (χ1) is 10.0. The third kappa shape index (κ3) is 3.36. The molecule has 0 saturated carbocycles. The molecule has 7 heteroatoms. The molecule has 0 fully saturated rings. The summed E-state index contributed by atoms with van der Waals surface area (Å²) in [4.78, 5) is 17.7. The lowest BCUT2D eigenvalue weighted by molar-refractivity contribution is 0.0780. The molecule has 2 aromatic rings. The second kappa shape index (κ2) is 6.34. The highest BCUT2D eigenvalue weighted by Gasteiger charge is 2.19. The van der Waals surface area contributed by atoms with Crippen molar-refractivity contribution in [3.05, 3.63) is 41.6 Å². The smallest absolute Gasteiger partial charge is 0.257 e. The highest BCUT2D eigenvalue weighted by molar-refractivity contribution is 5.95. The van der Waals surface area contributed by atoms with Crippen LogP contribution in [0.25, 0.3) is 0 Å². The van der Waals surface area contributed by atoms with Gasteiger partial charge in [0.1, 0.15) is 0 Å². The predicted octanol–water partition coefficient (Wildman–Crippen LogP) is 1.66. The predicted molar refractivity (Wildman–Crippen MR) is 77.4 cm³/mol. The fraction of sp³-hybridized carbons (Fsp3) is 0.357. The van der Waals surface area contributed by atoms with Crippen LogP contribution >= 0.6 is 0 Å². The number of nitrogens with one attached hydrogen (secondary N) is 1. The number of nitrogens with zero attached hydrogens (tertiary/aromatic N) is 4. The maximum absolute atomic E-state index is 14.2. The summed E-state index contributed by atoms with van der Waals surface area (Å²) in [5, 5.41) is 6.84. The molecule has 0 atom stereocenters. The molecule has 0 aromatic carbocycles. The van der Waals surface area contributed by atoms with Crippen molar-refractivity contribution in [3.63, 3.8) is 0 Å². The number of aromatic nitrogens is 3. The summed E-state index contributed by atoms with van der Waals surface area (Å²) in [5.41, 5.74) is 0.891. The molecule has 1 N–H and O–H groups in total. The Balaban J connectivity index is 2.17. The summed E-state index contributed by atoms with van der Waals surface area (Å²) in [5.74, 6) is -0.918. The first-order valence-electron chi connectivity index (χ1n) is 6.64. The number of anilines is 1. The van der Waals surface area contributed by atoms with Gasteiger partial charge in [-0.2, -0.15) is 5.10 Å². The summed E-state index contributed by atoms with van der Waals surface area (Å²) in [6, 6.07) is 1.39. The lowest BCUT2D eigenvalue weighted by Gasteiger charge is -2.17. The van der Waals surface area contributed by atoms with Crippen molar-refractivity contribution in [1.82, 2.24) is 19.7 Å². The van der Waals surface area contributed by atoms with Gasteiger partial charge >= 0.3 is 0 Å². The van der Waals surface area contributed by atoms with E-state index >= 15 is 0 Å². The highest BCUT2D eigenvalue weighted by atomic mass is 19.1. The van der Waals surface area contributed by atoms with Crippen molar-refractivity contribution in [3.8, 4) is 0 Å². The number of carbonyl (C=O) groups is 1. The molecule has 0 aliphatic heterocycles. The van der Waals surface area contributed by atoms with Crippen LogP contribution in [0.1, 0.15) is 22.8 Å². The Labute approximate surface area is 122 Å². The van der Waals surface area contributed by atoms with Crippen molar-refractivity contribution < 1.29 is 9.18 Å². The van der Waals surface area contributed by atoms with E-state index in [9.17, 15) is 9.18 Å². The third-order valence-corrected chi connectivity index (χ3v) is 2.99. The minimum Gasteiger partial charge on any atom is -0.368 e. The Kier molecular flexibility index (Phi) is 4.52. The maximum atomic E-state index is 14.2. The Morgan fingerprint density at radius 3 is 2.90 bits per heavy atom. The van der Waals surface area contributed by atoms with Crippen LogP contribution in [0.15, 0.2) is 24.7 Å².